The molecule has 0 saturated heterocycles. The molecule has 0 N–H and O–H groups in total. The summed E-state index contributed by atoms with van der Waals surface area (Å²) in [6, 6.07) is 20.7. The number of esters is 1. The largest absolute Gasteiger partial charge is 0.465 e. The van der Waals surface area contributed by atoms with Gasteiger partial charge in [-0.15, -0.1) is 0 Å². The minimum atomic E-state index is -0.281. The second kappa shape index (κ2) is 6.88. The smallest absolute Gasteiger partial charge is 0.338 e. The van der Waals surface area contributed by atoms with Gasteiger partial charge in [0.1, 0.15) is 0 Å². The Hall–Kier alpha value is -2.61. The van der Waals surface area contributed by atoms with E-state index in [1.165, 1.54) is 18.2 Å². The fourth-order valence-electron chi connectivity index (χ4n) is 3.06. The van der Waals surface area contributed by atoms with Crippen LogP contribution in [0.2, 0.25) is 0 Å². The van der Waals surface area contributed by atoms with Gasteiger partial charge in [-0.25, -0.2) is 4.79 Å². The Morgan fingerprint density at radius 1 is 0.958 bits per heavy atom. The number of ether oxygens (including phenoxy) is 1. The first-order valence-electron chi connectivity index (χ1n) is 8.28. The van der Waals surface area contributed by atoms with Crippen LogP contribution in [0.1, 0.15) is 46.8 Å². The summed E-state index contributed by atoms with van der Waals surface area (Å²) in [6.45, 7) is 4.35. The summed E-state index contributed by atoms with van der Waals surface area (Å²) in [5.74, 6) is 0.164. The quantitative estimate of drug-likeness (QED) is 0.611. The molecule has 0 aliphatic heterocycles. The topological polar surface area (TPSA) is 26.3 Å². The molecule has 122 valence electrons. The highest BCUT2D eigenvalue weighted by Gasteiger charge is 2.20. The van der Waals surface area contributed by atoms with Gasteiger partial charge in [0, 0.05) is 0 Å². The molecule has 2 aliphatic carbocycles. The van der Waals surface area contributed by atoms with Crippen LogP contribution >= 0.6 is 0 Å². The van der Waals surface area contributed by atoms with Crippen molar-refractivity contribution in [1.82, 2.24) is 0 Å². The summed E-state index contributed by atoms with van der Waals surface area (Å²) in [4.78, 5) is 12.2. The van der Waals surface area contributed by atoms with E-state index in [0.29, 0.717) is 11.5 Å². The van der Waals surface area contributed by atoms with Crippen molar-refractivity contribution in [2.75, 3.05) is 7.11 Å². The molecule has 0 fully saturated rings. The van der Waals surface area contributed by atoms with Crippen LogP contribution in [-0.4, -0.2) is 13.1 Å². The molecule has 3 rings (SSSR count). The number of fused-ring (bicyclic) bond motifs is 1. The third-order valence-corrected chi connectivity index (χ3v) is 4.44. The fraction of sp³-hybridized carbons (Fsp3) is 0.227. The molecule has 0 bridgehead atoms. The summed E-state index contributed by atoms with van der Waals surface area (Å²) in [7, 11) is 1.43. The number of benzene rings is 1. The molecule has 0 atom stereocenters. The number of hydrogen-bond acceptors (Lipinski definition) is 2. The molecular formula is C22H22O2. The van der Waals surface area contributed by atoms with E-state index in [0.717, 1.165) is 23.1 Å². The monoisotopic (exact) mass is 318 g/mol. The lowest BCUT2D eigenvalue weighted by Crippen LogP contribution is -2.00. The van der Waals surface area contributed by atoms with Crippen molar-refractivity contribution in [2.24, 2.45) is 0 Å². The van der Waals surface area contributed by atoms with Gasteiger partial charge < -0.3 is 4.74 Å². The number of carbonyl (C=O) groups excluding carboxylic acids is 1. The van der Waals surface area contributed by atoms with Crippen molar-refractivity contribution in [3.8, 4) is 11.1 Å². The Bertz CT molecular complexity index is 819. The maximum Gasteiger partial charge on any atom is 0.338 e. The molecule has 2 nitrogen and oxygen atoms in total. The third-order valence-electron chi connectivity index (χ3n) is 4.44. The molecule has 0 aromatic heterocycles. The molecule has 0 saturated carbocycles. The molecule has 0 amide bonds. The maximum atomic E-state index is 12.2. The van der Waals surface area contributed by atoms with E-state index in [1.807, 2.05) is 30.3 Å². The van der Waals surface area contributed by atoms with Crippen LogP contribution in [0.15, 0.2) is 60.7 Å². The summed E-state index contributed by atoms with van der Waals surface area (Å²) in [5, 5.41) is 0. The van der Waals surface area contributed by atoms with Gasteiger partial charge in [-0.05, 0) is 46.2 Å². The second-order valence-electron chi connectivity index (χ2n) is 6.39. The highest BCUT2D eigenvalue weighted by Crippen LogP contribution is 2.34. The molecule has 1 aromatic carbocycles. The van der Waals surface area contributed by atoms with E-state index in [4.69, 9.17) is 4.74 Å². The lowest BCUT2D eigenvalue weighted by Gasteiger charge is -2.02. The van der Waals surface area contributed by atoms with Crippen LogP contribution in [0, 0.1) is 0 Å². The lowest BCUT2D eigenvalue weighted by molar-refractivity contribution is 0.0602. The SMILES string of the molecule is COC(=O)c1cc(Cc2ccccc2)c2ccc(C(C)C)ccc1-2. The average molecular weight is 318 g/mol. The van der Waals surface area contributed by atoms with E-state index in [1.54, 1.807) is 0 Å². The Kier molecular flexibility index (Phi) is 4.66. The zero-order valence-electron chi connectivity index (χ0n) is 14.4. The van der Waals surface area contributed by atoms with Crippen molar-refractivity contribution in [3.63, 3.8) is 0 Å². The Morgan fingerprint density at radius 3 is 2.25 bits per heavy atom. The minimum Gasteiger partial charge on any atom is -0.465 e. The Labute approximate surface area is 143 Å². The predicted octanol–water partition coefficient (Wildman–Crippen LogP) is 5.29. The summed E-state index contributed by atoms with van der Waals surface area (Å²) >= 11 is 0. The number of carbonyl (C=O) groups is 1. The molecular weight excluding hydrogens is 296 g/mol. The Balaban J connectivity index is 2.13. The van der Waals surface area contributed by atoms with Crippen LogP contribution in [0.5, 0.6) is 0 Å². The number of rotatable bonds is 4. The zero-order chi connectivity index (χ0) is 17.1. The highest BCUT2D eigenvalue weighted by molar-refractivity contribution is 6.00. The van der Waals surface area contributed by atoms with Gasteiger partial charge in [0.05, 0.1) is 12.7 Å². The van der Waals surface area contributed by atoms with Crippen LogP contribution in [0.4, 0.5) is 0 Å². The lowest BCUT2D eigenvalue weighted by atomic mass is 10.0. The average Bonchev–Trinajstić information content (AvgIpc) is 2.78. The standard InChI is InChI=1S/C22H22O2/c1-15(2)17-9-11-19-18(13-16-7-5-4-6-8-16)14-21(22(23)24-3)20(19)12-10-17/h4-12,14-15H,13H2,1-3H3. The first-order chi connectivity index (χ1) is 11.6. The number of methoxy groups -OCH3 is 1. The van der Waals surface area contributed by atoms with E-state index >= 15 is 0 Å². The molecule has 0 radical (unpaired) electrons. The van der Waals surface area contributed by atoms with Gasteiger partial charge in [0.2, 0.25) is 0 Å². The van der Waals surface area contributed by atoms with Gasteiger partial charge in [-0.2, -0.15) is 0 Å². The van der Waals surface area contributed by atoms with Crippen molar-refractivity contribution in [3.05, 3.63) is 82.9 Å². The third kappa shape index (κ3) is 3.18. The Morgan fingerprint density at radius 2 is 1.62 bits per heavy atom. The summed E-state index contributed by atoms with van der Waals surface area (Å²) < 4.78 is 4.98. The van der Waals surface area contributed by atoms with Gasteiger partial charge in [-0.1, -0.05) is 68.4 Å². The van der Waals surface area contributed by atoms with Crippen molar-refractivity contribution in [1.29, 1.82) is 0 Å². The summed E-state index contributed by atoms with van der Waals surface area (Å²) in [6.07, 6.45) is 0.801. The molecule has 1 aromatic rings. The first kappa shape index (κ1) is 16.3. The van der Waals surface area contributed by atoms with Crippen LogP contribution in [0.25, 0.3) is 11.1 Å². The van der Waals surface area contributed by atoms with Gasteiger partial charge in [-0.3, -0.25) is 0 Å². The molecule has 2 aliphatic rings. The molecule has 2 heteroatoms. The maximum absolute atomic E-state index is 12.2. The molecule has 0 heterocycles. The van der Waals surface area contributed by atoms with Gasteiger partial charge in [0.15, 0.2) is 0 Å². The van der Waals surface area contributed by atoms with E-state index < -0.39 is 0 Å². The van der Waals surface area contributed by atoms with Gasteiger partial charge >= 0.3 is 5.97 Å². The van der Waals surface area contributed by atoms with Crippen molar-refractivity contribution < 1.29 is 9.53 Å². The van der Waals surface area contributed by atoms with Crippen LogP contribution in [0.3, 0.4) is 0 Å². The minimum absolute atomic E-state index is 0.281. The zero-order valence-corrected chi connectivity index (χ0v) is 14.4. The van der Waals surface area contributed by atoms with Crippen molar-refractivity contribution in [2.45, 2.75) is 26.2 Å². The fourth-order valence-corrected chi connectivity index (χ4v) is 3.06. The van der Waals surface area contributed by atoms with Gasteiger partial charge in [0.25, 0.3) is 0 Å². The van der Waals surface area contributed by atoms with Crippen molar-refractivity contribution >= 4 is 5.97 Å². The molecule has 24 heavy (non-hydrogen) atoms. The predicted molar refractivity (Wildman–Crippen MR) is 97.7 cm³/mol. The summed E-state index contributed by atoms with van der Waals surface area (Å²) in [5.41, 5.74) is 6.36. The number of hydrogen-bond donors (Lipinski definition) is 0. The van der Waals surface area contributed by atoms with Crippen LogP contribution in [-0.2, 0) is 11.2 Å². The highest BCUT2D eigenvalue weighted by atomic mass is 16.5. The first-order valence-corrected chi connectivity index (χ1v) is 8.28. The van der Waals surface area contributed by atoms with E-state index in [9.17, 15) is 4.79 Å². The normalized spacial score (nSPS) is 11.0. The van der Waals surface area contributed by atoms with E-state index in [2.05, 4.69) is 44.2 Å². The molecule has 0 unspecified atom stereocenters. The van der Waals surface area contributed by atoms with Crippen LogP contribution < -0.4 is 0 Å². The van der Waals surface area contributed by atoms with E-state index in [-0.39, 0.29) is 5.97 Å². The molecule has 0 spiro atoms. The second-order valence-corrected chi connectivity index (χ2v) is 6.39.